The topological polar surface area (TPSA) is 114 Å². The second kappa shape index (κ2) is 14.3. The van der Waals surface area contributed by atoms with E-state index < -0.39 is 0 Å². The molecule has 2 amide bonds. The Kier molecular flexibility index (Phi) is 11.8. The maximum absolute atomic E-state index is 12.7. The number of nitrogens with zero attached hydrogens (tertiary/aromatic N) is 4. The van der Waals surface area contributed by atoms with Crippen molar-refractivity contribution in [1.82, 2.24) is 10.2 Å². The van der Waals surface area contributed by atoms with Gasteiger partial charge in [0.2, 0.25) is 5.91 Å². The van der Waals surface area contributed by atoms with E-state index in [-0.39, 0.29) is 41.0 Å². The van der Waals surface area contributed by atoms with Crippen LogP contribution in [0.4, 0.5) is 0 Å². The molecule has 37 heavy (non-hydrogen) atoms. The maximum Gasteiger partial charge on any atom is 0.269 e. The summed E-state index contributed by atoms with van der Waals surface area (Å²) in [4.78, 5) is 42.9. The van der Waals surface area contributed by atoms with Gasteiger partial charge in [-0.3, -0.25) is 9.59 Å². The lowest BCUT2D eigenvalue weighted by Gasteiger charge is -2.37. The van der Waals surface area contributed by atoms with Gasteiger partial charge in [-0.25, -0.2) is 0 Å². The largest absolute Gasteiger partial charge is 0.399 e. The lowest BCUT2D eigenvalue weighted by Crippen LogP contribution is -2.45. The first-order valence-electron chi connectivity index (χ1n) is 13.4. The summed E-state index contributed by atoms with van der Waals surface area (Å²) in [6.07, 6.45) is 7.51. The SMILES string of the molecule is CNC(=O)/C(=N/OC)C1CCCCC1CO/N=C(C)/C(=N/OC)C1CCC(N(C)C(=O)C(C)(C)C)CC1. The van der Waals surface area contributed by atoms with Gasteiger partial charge in [0, 0.05) is 43.3 Å². The van der Waals surface area contributed by atoms with Crippen LogP contribution in [0.2, 0.25) is 0 Å². The predicted octanol–water partition coefficient (Wildman–Crippen LogP) is 4.00. The molecule has 2 rings (SSSR count). The van der Waals surface area contributed by atoms with Crippen LogP contribution in [0, 0.1) is 23.2 Å². The zero-order valence-corrected chi connectivity index (χ0v) is 24.0. The molecule has 0 bridgehead atoms. The summed E-state index contributed by atoms with van der Waals surface area (Å²) in [5.41, 5.74) is 1.50. The Labute approximate surface area is 222 Å². The van der Waals surface area contributed by atoms with Gasteiger partial charge in [0.05, 0.1) is 0 Å². The van der Waals surface area contributed by atoms with Crippen LogP contribution < -0.4 is 5.32 Å². The maximum atomic E-state index is 12.7. The van der Waals surface area contributed by atoms with Crippen molar-refractivity contribution >= 4 is 28.9 Å². The van der Waals surface area contributed by atoms with Gasteiger partial charge in [-0.15, -0.1) is 0 Å². The third-order valence-corrected chi connectivity index (χ3v) is 7.55. The molecule has 2 fully saturated rings. The summed E-state index contributed by atoms with van der Waals surface area (Å²) >= 11 is 0. The lowest BCUT2D eigenvalue weighted by atomic mass is 9.76. The Morgan fingerprint density at radius 2 is 1.51 bits per heavy atom. The van der Waals surface area contributed by atoms with Crippen molar-refractivity contribution in [3.63, 3.8) is 0 Å². The fraction of sp³-hybridized carbons (Fsp3) is 0.815. The van der Waals surface area contributed by atoms with Crippen LogP contribution in [0.5, 0.6) is 0 Å². The van der Waals surface area contributed by atoms with E-state index >= 15 is 0 Å². The van der Waals surface area contributed by atoms with Crippen molar-refractivity contribution < 1.29 is 24.1 Å². The number of amides is 2. The standard InChI is InChI=1S/C27H47N5O5/c1-18(29-37-17-20-11-9-10-12-22(20)24(31-36-8)25(33)28-5)23(30-35-7)19-13-15-21(16-14-19)32(6)26(34)27(2,3)4/h19-22H,9-17H2,1-8H3,(H,28,33)/b29-18+,30-23-,31-24+. The molecule has 0 aromatic heterocycles. The van der Waals surface area contributed by atoms with Crippen molar-refractivity contribution in [1.29, 1.82) is 0 Å². The number of hydrogen-bond donors (Lipinski definition) is 1. The highest BCUT2D eigenvalue weighted by Gasteiger charge is 2.35. The van der Waals surface area contributed by atoms with Gasteiger partial charge in [0.15, 0.2) is 0 Å². The van der Waals surface area contributed by atoms with Gasteiger partial charge in [0.1, 0.15) is 38.0 Å². The number of hydrogen-bond acceptors (Lipinski definition) is 8. The Morgan fingerprint density at radius 1 is 0.919 bits per heavy atom. The molecule has 0 heterocycles. The number of rotatable bonds is 10. The van der Waals surface area contributed by atoms with Gasteiger partial charge in [-0.05, 0) is 45.4 Å². The lowest BCUT2D eigenvalue weighted by molar-refractivity contribution is -0.141. The fourth-order valence-electron chi connectivity index (χ4n) is 5.51. The molecule has 210 valence electrons. The number of nitrogens with one attached hydrogen (secondary N) is 1. The first-order chi connectivity index (χ1) is 17.5. The van der Waals surface area contributed by atoms with E-state index in [2.05, 4.69) is 20.8 Å². The molecular weight excluding hydrogens is 474 g/mol. The molecular formula is C27H47N5O5. The van der Waals surface area contributed by atoms with Crippen LogP contribution in [0.15, 0.2) is 15.5 Å². The van der Waals surface area contributed by atoms with Crippen LogP contribution in [0.25, 0.3) is 0 Å². The first kappa shape index (κ1) is 30.6. The molecule has 2 aliphatic rings. The van der Waals surface area contributed by atoms with E-state index in [0.29, 0.717) is 18.0 Å². The summed E-state index contributed by atoms with van der Waals surface area (Å²) in [6, 6.07) is 0.229. The molecule has 10 nitrogen and oxygen atoms in total. The Bertz CT molecular complexity index is 856. The predicted molar refractivity (Wildman–Crippen MR) is 145 cm³/mol. The quantitative estimate of drug-likeness (QED) is 0.345. The molecule has 2 unspecified atom stereocenters. The number of carbonyl (C=O) groups excluding carboxylic acids is 2. The average Bonchev–Trinajstić information content (AvgIpc) is 2.89. The van der Waals surface area contributed by atoms with Gasteiger partial charge in [-0.1, -0.05) is 49.1 Å². The van der Waals surface area contributed by atoms with Crippen molar-refractivity contribution in [2.24, 2.45) is 38.6 Å². The molecule has 0 aromatic carbocycles. The van der Waals surface area contributed by atoms with E-state index in [9.17, 15) is 9.59 Å². The van der Waals surface area contributed by atoms with E-state index in [1.807, 2.05) is 39.6 Å². The number of carbonyl (C=O) groups is 2. The third-order valence-electron chi connectivity index (χ3n) is 7.55. The zero-order valence-electron chi connectivity index (χ0n) is 24.0. The van der Waals surface area contributed by atoms with Crippen LogP contribution in [0.3, 0.4) is 0 Å². The smallest absolute Gasteiger partial charge is 0.269 e. The molecule has 0 saturated heterocycles. The summed E-state index contributed by atoms with van der Waals surface area (Å²) in [5, 5.41) is 15.4. The monoisotopic (exact) mass is 521 g/mol. The molecule has 10 heteroatoms. The molecule has 0 radical (unpaired) electrons. The summed E-state index contributed by atoms with van der Waals surface area (Å²) in [6.45, 7) is 8.15. The Balaban J connectivity index is 2.02. The van der Waals surface area contributed by atoms with Gasteiger partial charge in [-0.2, -0.15) is 0 Å². The number of oxime groups is 3. The minimum Gasteiger partial charge on any atom is -0.399 e. The molecule has 0 aromatic rings. The molecule has 2 saturated carbocycles. The highest BCUT2D eigenvalue weighted by atomic mass is 16.6. The summed E-state index contributed by atoms with van der Waals surface area (Å²) in [7, 11) is 6.50. The minimum absolute atomic E-state index is 0.0423. The summed E-state index contributed by atoms with van der Waals surface area (Å²) < 4.78 is 0. The van der Waals surface area contributed by atoms with E-state index in [1.54, 1.807) is 7.05 Å². The highest BCUT2D eigenvalue weighted by Crippen LogP contribution is 2.33. The summed E-state index contributed by atoms with van der Waals surface area (Å²) in [5.74, 6) is 0.213. The average molecular weight is 522 g/mol. The van der Waals surface area contributed by atoms with Crippen molar-refractivity contribution in [3.05, 3.63) is 0 Å². The van der Waals surface area contributed by atoms with Crippen LogP contribution >= 0.6 is 0 Å². The molecule has 0 spiro atoms. The Hall–Kier alpha value is -2.65. The molecule has 2 aliphatic carbocycles. The Morgan fingerprint density at radius 3 is 2.08 bits per heavy atom. The van der Waals surface area contributed by atoms with Crippen LogP contribution in [-0.2, 0) is 24.1 Å². The van der Waals surface area contributed by atoms with Crippen LogP contribution in [0.1, 0.15) is 79.1 Å². The fourth-order valence-corrected chi connectivity index (χ4v) is 5.51. The third kappa shape index (κ3) is 8.43. The van der Waals surface area contributed by atoms with Gasteiger partial charge >= 0.3 is 0 Å². The second-order valence-corrected chi connectivity index (χ2v) is 11.2. The first-order valence-corrected chi connectivity index (χ1v) is 13.4. The van der Waals surface area contributed by atoms with Crippen LogP contribution in [-0.4, -0.2) is 74.8 Å². The van der Waals surface area contributed by atoms with Crippen molar-refractivity contribution in [3.8, 4) is 0 Å². The van der Waals surface area contributed by atoms with Gasteiger partial charge < -0.3 is 24.7 Å². The highest BCUT2D eigenvalue weighted by molar-refractivity contribution is 6.42. The minimum atomic E-state index is -0.386. The molecule has 1 N–H and O–H groups in total. The van der Waals surface area contributed by atoms with E-state index in [4.69, 9.17) is 14.5 Å². The second-order valence-electron chi connectivity index (χ2n) is 11.2. The van der Waals surface area contributed by atoms with Crippen molar-refractivity contribution in [2.75, 3.05) is 34.9 Å². The molecule has 0 aliphatic heterocycles. The van der Waals surface area contributed by atoms with E-state index in [0.717, 1.165) is 57.1 Å². The zero-order chi connectivity index (χ0) is 27.6. The normalized spacial score (nSPS) is 25.8. The molecule has 2 atom stereocenters. The van der Waals surface area contributed by atoms with E-state index in [1.165, 1.54) is 14.2 Å². The van der Waals surface area contributed by atoms with Crippen molar-refractivity contribution in [2.45, 2.75) is 85.1 Å². The van der Waals surface area contributed by atoms with Gasteiger partial charge in [0.25, 0.3) is 5.91 Å².